The summed E-state index contributed by atoms with van der Waals surface area (Å²) in [6.07, 6.45) is 4.80. The Labute approximate surface area is 164 Å². The van der Waals surface area contributed by atoms with Gasteiger partial charge < -0.3 is 4.74 Å². The molecule has 0 saturated carbocycles. The number of methoxy groups -OCH3 is 1. The molecule has 0 aromatic heterocycles. The zero-order valence-electron chi connectivity index (χ0n) is 15.5. The molecule has 1 fully saturated rings. The molecule has 2 aromatic rings. The quantitative estimate of drug-likeness (QED) is 0.423. The normalized spacial score (nSPS) is 15.0. The van der Waals surface area contributed by atoms with Crippen molar-refractivity contribution in [2.75, 3.05) is 20.2 Å². The zero-order chi connectivity index (χ0) is 20.1. The molecule has 0 amide bonds. The molecule has 0 N–H and O–H groups in total. The lowest BCUT2D eigenvalue weighted by Gasteiger charge is -2.15. The lowest BCUT2D eigenvalue weighted by atomic mass is 10.1. The van der Waals surface area contributed by atoms with Gasteiger partial charge in [-0.1, -0.05) is 18.2 Å². The summed E-state index contributed by atoms with van der Waals surface area (Å²) in [6, 6.07) is 12.7. The summed E-state index contributed by atoms with van der Waals surface area (Å²) in [4.78, 5) is 24.0. The molecular weight excluding hydrogens is 378 g/mol. The van der Waals surface area contributed by atoms with Crippen molar-refractivity contribution in [3.8, 4) is 0 Å². The number of ketones is 1. The molecule has 0 bridgehead atoms. The van der Waals surface area contributed by atoms with Crippen LogP contribution in [0.4, 0.5) is 0 Å². The average Bonchev–Trinajstić information content (AvgIpc) is 3.28. The number of hydrogen-bond acceptors (Lipinski definition) is 5. The molecule has 3 rings (SSSR count). The van der Waals surface area contributed by atoms with Crippen LogP contribution in [0.3, 0.4) is 0 Å². The summed E-state index contributed by atoms with van der Waals surface area (Å²) in [5.74, 6) is -0.655. The van der Waals surface area contributed by atoms with Gasteiger partial charge in [-0.25, -0.2) is 13.2 Å². The molecule has 7 heteroatoms. The van der Waals surface area contributed by atoms with E-state index in [9.17, 15) is 18.0 Å². The molecule has 0 radical (unpaired) electrons. The van der Waals surface area contributed by atoms with Gasteiger partial charge in [0.15, 0.2) is 5.78 Å². The molecule has 146 valence electrons. The van der Waals surface area contributed by atoms with E-state index < -0.39 is 16.0 Å². The number of ether oxygens (including phenoxy) is 1. The number of nitrogens with zero attached hydrogens (tertiary/aromatic N) is 1. The van der Waals surface area contributed by atoms with E-state index >= 15 is 0 Å². The third-order valence-electron chi connectivity index (χ3n) is 4.60. The summed E-state index contributed by atoms with van der Waals surface area (Å²) in [6.45, 7) is 1.08. The third-order valence-corrected chi connectivity index (χ3v) is 6.51. The molecule has 0 spiro atoms. The van der Waals surface area contributed by atoms with Crippen LogP contribution in [0.5, 0.6) is 0 Å². The lowest BCUT2D eigenvalue weighted by Crippen LogP contribution is -2.27. The first-order valence-electron chi connectivity index (χ1n) is 8.93. The number of carbonyl (C=O) groups excluding carboxylic acids is 2. The van der Waals surface area contributed by atoms with Crippen LogP contribution in [-0.4, -0.2) is 44.7 Å². The number of allylic oxidation sites excluding steroid dienone is 1. The van der Waals surface area contributed by atoms with E-state index in [1.807, 2.05) is 0 Å². The molecule has 0 unspecified atom stereocenters. The number of hydrogen-bond donors (Lipinski definition) is 0. The Kier molecular flexibility index (Phi) is 6.06. The maximum atomic E-state index is 12.5. The SMILES string of the molecule is COC(=O)c1ccc(C=CC(=O)c2ccc(S(=O)(=O)N3CCCC3)cc2)cc1. The average molecular weight is 399 g/mol. The predicted molar refractivity (Wildman–Crippen MR) is 106 cm³/mol. The molecule has 0 aliphatic carbocycles. The highest BCUT2D eigenvalue weighted by atomic mass is 32.2. The van der Waals surface area contributed by atoms with E-state index in [1.165, 1.54) is 41.8 Å². The van der Waals surface area contributed by atoms with Gasteiger partial charge in [-0.3, -0.25) is 4.79 Å². The summed E-state index contributed by atoms with van der Waals surface area (Å²) in [5, 5.41) is 0. The first kappa shape index (κ1) is 20.0. The second-order valence-electron chi connectivity index (χ2n) is 6.45. The van der Waals surface area contributed by atoms with Crippen LogP contribution < -0.4 is 0 Å². The summed E-state index contributed by atoms with van der Waals surface area (Å²) in [5.41, 5.74) is 1.60. The Morgan fingerprint density at radius 2 is 1.50 bits per heavy atom. The van der Waals surface area contributed by atoms with Gasteiger partial charge in [-0.05, 0) is 60.9 Å². The monoisotopic (exact) mass is 399 g/mol. The van der Waals surface area contributed by atoms with E-state index in [0.717, 1.165) is 18.4 Å². The van der Waals surface area contributed by atoms with Crippen LogP contribution in [0.15, 0.2) is 59.5 Å². The summed E-state index contributed by atoms with van der Waals surface area (Å²) in [7, 11) is -2.17. The highest BCUT2D eigenvalue weighted by molar-refractivity contribution is 7.89. The van der Waals surface area contributed by atoms with Crippen molar-refractivity contribution < 1.29 is 22.7 Å². The molecule has 6 nitrogen and oxygen atoms in total. The fourth-order valence-corrected chi connectivity index (χ4v) is 4.50. The molecule has 28 heavy (non-hydrogen) atoms. The molecule has 1 aliphatic heterocycles. The van der Waals surface area contributed by atoms with Gasteiger partial charge in [0.05, 0.1) is 17.6 Å². The predicted octanol–water partition coefficient (Wildman–Crippen LogP) is 3.15. The van der Waals surface area contributed by atoms with Crippen molar-refractivity contribution >= 4 is 27.9 Å². The first-order chi connectivity index (χ1) is 13.4. The number of rotatable bonds is 6. The fourth-order valence-electron chi connectivity index (χ4n) is 2.99. The van der Waals surface area contributed by atoms with Gasteiger partial charge in [0.25, 0.3) is 0 Å². The van der Waals surface area contributed by atoms with E-state index in [-0.39, 0.29) is 10.7 Å². The van der Waals surface area contributed by atoms with Crippen LogP contribution in [0.2, 0.25) is 0 Å². The van der Waals surface area contributed by atoms with Crippen LogP contribution in [-0.2, 0) is 14.8 Å². The number of benzene rings is 2. The maximum absolute atomic E-state index is 12.5. The van der Waals surface area contributed by atoms with E-state index in [0.29, 0.717) is 24.2 Å². The second-order valence-corrected chi connectivity index (χ2v) is 8.38. The molecule has 2 aromatic carbocycles. The Balaban J connectivity index is 1.69. The van der Waals surface area contributed by atoms with Crippen LogP contribution >= 0.6 is 0 Å². The van der Waals surface area contributed by atoms with Crippen molar-refractivity contribution in [1.29, 1.82) is 0 Å². The van der Waals surface area contributed by atoms with Crippen molar-refractivity contribution in [1.82, 2.24) is 4.31 Å². The molecule has 0 atom stereocenters. The molecule has 1 heterocycles. The van der Waals surface area contributed by atoms with Crippen molar-refractivity contribution in [3.05, 3.63) is 71.3 Å². The molecular formula is C21H21NO5S. The van der Waals surface area contributed by atoms with Gasteiger partial charge in [-0.2, -0.15) is 4.31 Å². The topological polar surface area (TPSA) is 80.8 Å². The Morgan fingerprint density at radius 3 is 2.07 bits per heavy atom. The van der Waals surface area contributed by atoms with Crippen LogP contribution in [0, 0.1) is 0 Å². The van der Waals surface area contributed by atoms with Gasteiger partial charge in [0.1, 0.15) is 0 Å². The van der Waals surface area contributed by atoms with Crippen molar-refractivity contribution in [2.45, 2.75) is 17.7 Å². The highest BCUT2D eigenvalue weighted by Crippen LogP contribution is 2.21. The van der Waals surface area contributed by atoms with Crippen molar-refractivity contribution in [3.63, 3.8) is 0 Å². The van der Waals surface area contributed by atoms with E-state index in [2.05, 4.69) is 4.74 Å². The maximum Gasteiger partial charge on any atom is 0.337 e. The Bertz CT molecular complexity index is 986. The third kappa shape index (κ3) is 4.37. The van der Waals surface area contributed by atoms with E-state index in [4.69, 9.17) is 0 Å². The minimum atomic E-state index is -3.48. The lowest BCUT2D eigenvalue weighted by molar-refractivity contribution is 0.0600. The molecule has 1 aliphatic rings. The van der Waals surface area contributed by atoms with Crippen LogP contribution in [0.1, 0.15) is 39.1 Å². The first-order valence-corrected chi connectivity index (χ1v) is 10.4. The fraction of sp³-hybridized carbons (Fsp3) is 0.238. The summed E-state index contributed by atoms with van der Waals surface area (Å²) < 4.78 is 31.2. The van der Waals surface area contributed by atoms with Gasteiger partial charge in [0, 0.05) is 18.7 Å². The standard InChI is InChI=1S/C21H21NO5S/c1-27-21(24)18-7-4-16(5-8-18)6-13-20(23)17-9-11-19(12-10-17)28(25,26)22-14-2-3-15-22/h4-13H,2-3,14-15H2,1H3. The Hall–Kier alpha value is -2.77. The van der Waals surface area contributed by atoms with E-state index in [1.54, 1.807) is 30.3 Å². The van der Waals surface area contributed by atoms with Gasteiger partial charge in [-0.15, -0.1) is 0 Å². The number of esters is 1. The second kappa shape index (κ2) is 8.50. The Morgan fingerprint density at radius 1 is 0.929 bits per heavy atom. The van der Waals surface area contributed by atoms with Gasteiger partial charge in [0.2, 0.25) is 10.0 Å². The number of carbonyl (C=O) groups is 2. The smallest absolute Gasteiger partial charge is 0.337 e. The van der Waals surface area contributed by atoms with Crippen LogP contribution in [0.25, 0.3) is 6.08 Å². The highest BCUT2D eigenvalue weighted by Gasteiger charge is 2.27. The summed E-state index contributed by atoms with van der Waals surface area (Å²) >= 11 is 0. The van der Waals surface area contributed by atoms with Crippen molar-refractivity contribution in [2.24, 2.45) is 0 Å². The zero-order valence-corrected chi connectivity index (χ0v) is 16.3. The molecule has 1 saturated heterocycles. The minimum Gasteiger partial charge on any atom is -0.465 e. The largest absolute Gasteiger partial charge is 0.465 e. The van der Waals surface area contributed by atoms with Gasteiger partial charge >= 0.3 is 5.97 Å². The number of sulfonamides is 1. The minimum absolute atomic E-state index is 0.202.